The van der Waals surface area contributed by atoms with Crippen molar-refractivity contribution in [3.05, 3.63) is 55.7 Å². The molecule has 11 heteroatoms. The molecule has 3 N–H and O–H groups in total. The Bertz CT molecular complexity index is 1230. The summed E-state index contributed by atoms with van der Waals surface area (Å²) in [5.74, 6) is -1.64. The van der Waals surface area contributed by atoms with Crippen molar-refractivity contribution < 1.29 is 19.1 Å². The van der Waals surface area contributed by atoms with Crippen LogP contribution in [0.5, 0.6) is 0 Å². The average Bonchev–Trinajstić information content (AvgIpc) is 2.98. The third kappa shape index (κ3) is 4.44. The molecule has 0 aliphatic carbocycles. The van der Waals surface area contributed by atoms with Gasteiger partial charge in [-0.1, -0.05) is 13.8 Å². The SMILES string of the molecule is COCCCN(C(=O)c1ccc2c(c1)C(=O)N(C)C2=O)c1c(N)n(CC(C)C)c(=O)[nH]c1=O. The van der Waals surface area contributed by atoms with Gasteiger partial charge in [0.15, 0.2) is 5.69 Å². The van der Waals surface area contributed by atoms with E-state index < -0.39 is 29.0 Å². The molecule has 33 heavy (non-hydrogen) atoms. The molecule has 0 fully saturated rings. The minimum absolute atomic E-state index is 0.0543. The highest BCUT2D eigenvalue weighted by Gasteiger charge is 2.34. The van der Waals surface area contributed by atoms with Crippen molar-refractivity contribution in [1.29, 1.82) is 0 Å². The van der Waals surface area contributed by atoms with Crippen LogP contribution in [0.3, 0.4) is 0 Å². The minimum Gasteiger partial charge on any atom is -0.385 e. The molecule has 11 nitrogen and oxygen atoms in total. The van der Waals surface area contributed by atoms with Crippen molar-refractivity contribution in [3.63, 3.8) is 0 Å². The third-order valence-corrected chi connectivity index (χ3v) is 5.34. The predicted octanol–water partition coefficient (Wildman–Crippen LogP) is 0.684. The van der Waals surface area contributed by atoms with E-state index in [2.05, 4.69) is 4.98 Å². The lowest BCUT2D eigenvalue weighted by molar-refractivity contribution is 0.0693. The van der Waals surface area contributed by atoms with E-state index in [0.717, 1.165) is 4.90 Å². The number of carbonyl (C=O) groups is 3. The molecule has 0 spiro atoms. The lowest BCUT2D eigenvalue weighted by Crippen LogP contribution is -2.42. The fourth-order valence-electron chi connectivity index (χ4n) is 3.72. The number of H-pyrrole nitrogens is 1. The molecular weight excluding hydrogens is 430 g/mol. The predicted molar refractivity (Wildman–Crippen MR) is 122 cm³/mol. The molecule has 0 unspecified atom stereocenters. The van der Waals surface area contributed by atoms with Crippen molar-refractivity contribution >= 4 is 29.2 Å². The van der Waals surface area contributed by atoms with Gasteiger partial charge in [0.2, 0.25) is 0 Å². The number of methoxy groups -OCH3 is 1. The molecule has 1 aromatic heterocycles. The van der Waals surface area contributed by atoms with E-state index in [1.54, 1.807) is 0 Å². The number of nitrogen functional groups attached to an aromatic ring is 1. The highest BCUT2D eigenvalue weighted by atomic mass is 16.5. The topological polar surface area (TPSA) is 148 Å². The summed E-state index contributed by atoms with van der Waals surface area (Å²) in [6.07, 6.45) is 0.384. The number of fused-ring (bicyclic) bond motifs is 1. The van der Waals surface area contributed by atoms with E-state index >= 15 is 0 Å². The Morgan fingerprint density at radius 2 is 1.82 bits per heavy atom. The fourth-order valence-corrected chi connectivity index (χ4v) is 3.72. The normalized spacial score (nSPS) is 13.1. The highest BCUT2D eigenvalue weighted by Crippen LogP contribution is 2.25. The van der Waals surface area contributed by atoms with E-state index in [-0.39, 0.29) is 47.2 Å². The minimum atomic E-state index is -0.796. The summed E-state index contributed by atoms with van der Waals surface area (Å²) in [6, 6.07) is 4.16. The molecule has 0 atom stereocenters. The highest BCUT2D eigenvalue weighted by molar-refractivity contribution is 6.22. The second kappa shape index (κ2) is 9.41. The van der Waals surface area contributed by atoms with Gasteiger partial charge in [-0.05, 0) is 30.5 Å². The van der Waals surface area contributed by atoms with Crippen LogP contribution in [-0.4, -0.2) is 59.5 Å². The zero-order valence-corrected chi connectivity index (χ0v) is 19.0. The molecule has 2 aromatic rings. The molecule has 1 aliphatic rings. The monoisotopic (exact) mass is 457 g/mol. The number of hydrogen-bond acceptors (Lipinski definition) is 7. The molecule has 3 rings (SSSR count). The van der Waals surface area contributed by atoms with Crippen molar-refractivity contribution in [2.45, 2.75) is 26.8 Å². The zero-order chi connectivity index (χ0) is 24.4. The Labute approximate surface area is 189 Å². The van der Waals surface area contributed by atoms with Crippen molar-refractivity contribution in [3.8, 4) is 0 Å². The lowest BCUT2D eigenvalue weighted by Gasteiger charge is -2.25. The summed E-state index contributed by atoms with van der Waals surface area (Å²) in [5, 5.41) is 0. The number of nitrogens with two attached hydrogens (primary N) is 1. The average molecular weight is 457 g/mol. The van der Waals surface area contributed by atoms with Gasteiger partial charge in [0.1, 0.15) is 5.82 Å². The van der Waals surface area contributed by atoms with Gasteiger partial charge in [0.05, 0.1) is 11.1 Å². The van der Waals surface area contributed by atoms with Crippen LogP contribution in [0, 0.1) is 5.92 Å². The first-order valence-corrected chi connectivity index (χ1v) is 10.5. The van der Waals surface area contributed by atoms with Crippen LogP contribution in [0.4, 0.5) is 11.5 Å². The van der Waals surface area contributed by atoms with Crippen LogP contribution in [-0.2, 0) is 11.3 Å². The number of nitrogens with zero attached hydrogens (tertiary/aromatic N) is 3. The standard InChI is InChI=1S/C22H27N5O6/c1-12(2)11-27-17(23)16(18(28)24-22(27)32)26(8-5-9-33-4)19(29)13-6-7-14-15(10-13)21(31)25(3)20(14)30/h6-7,10,12H,5,8-9,11,23H2,1-4H3,(H,24,28,32). The molecule has 0 saturated heterocycles. The molecular formula is C22H27N5O6. The van der Waals surface area contributed by atoms with Crippen LogP contribution >= 0.6 is 0 Å². The number of aromatic nitrogens is 2. The Morgan fingerprint density at radius 1 is 1.15 bits per heavy atom. The summed E-state index contributed by atoms with van der Waals surface area (Å²) < 4.78 is 6.29. The summed E-state index contributed by atoms with van der Waals surface area (Å²) in [4.78, 5) is 67.5. The number of carbonyl (C=O) groups excluding carboxylic acids is 3. The second-order valence-corrected chi connectivity index (χ2v) is 8.23. The maximum absolute atomic E-state index is 13.5. The Morgan fingerprint density at radius 3 is 2.45 bits per heavy atom. The van der Waals surface area contributed by atoms with Gasteiger partial charge in [0.25, 0.3) is 23.3 Å². The number of anilines is 2. The number of aromatic amines is 1. The lowest BCUT2D eigenvalue weighted by atomic mass is 10.0. The van der Waals surface area contributed by atoms with Gasteiger partial charge in [-0.15, -0.1) is 0 Å². The van der Waals surface area contributed by atoms with E-state index in [1.165, 1.54) is 41.8 Å². The summed E-state index contributed by atoms with van der Waals surface area (Å²) in [5.41, 5.74) is 5.01. The molecule has 2 heterocycles. The summed E-state index contributed by atoms with van der Waals surface area (Å²) >= 11 is 0. The number of imide groups is 1. The van der Waals surface area contributed by atoms with Gasteiger partial charge in [-0.25, -0.2) is 4.79 Å². The zero-order valence-electron chi connectivity index (χ0n) is 19.0. The van der Waals surface area contributed by atoms with E-state index in [4.69, 9.17) is 10.5 Å². The largest absolute Gasteiger partial charge is 0.385 e. The molecule has 0 radical (unpaired) electrons. The smallest absolute Gasteiger partial charge is 0.330 e. The first kappa shape index (κ1) is 23.9. The summed E-state index contributed by atoms with van der Waals surface area (Å²) in [7, 11) is 2.87. The number of hydrogen-bond donors (Lipinski definition) is 2. The number of ether oxygens (including phenoxy) is 1. The molecule has 0 saturated carbocycles. The first-order valence-electron chi connectivity index (χ1n) is 10.5. The van der Waals surface area contributed by atoms with Crippen LogP contribution in [0.15, 0.2) is 27.8 Å². The van der Waals surface area contributed by atoms with Gasteiger partial charge >= 0.3 is 5.69 Å². The molecule has 3 amide bonds. The summed E-state index contributed by atoms with van der Waals surface area (Å²) in [6.45, 7) is 4.41. The maximum Gasteiger partial charge on any atom is 0.330 e. The molecule has 1 aromatic carbocycles. The Kier molecular flexibility index (Phi) is 6.82. The van der Waals surface area contributed by atoms with Gasteiger partial charge < -0.3 is 15.4 Å². The molecule has 1 aliphatic heterocycles. The number of rotatable bonds is 8. The van der Waals surface area contributed by atoms with E-state index in [1.807, 2.05) is 13.8 Å². The Hall–Kier alpha value is -3.73. The fraction of sp³-hybridized carbons (Fsp3) is 0.409. The number of nitrogens with one attached hydrogen (secondary N) is 1. The number of amides is 3. The molecule has 176 valence electrons. The van der Waals surface area contributed by atoms with Crippen LogP contribution in [0.25, 0.3) is 0 Å². The van der Waals surface area contributed by atoms with Gasteiger partial charge in [0, 0.05) is 39.4 Å². The van der Waals surface area contributed by atoms with Crippen LogP contribution in [0.2, 0.25) is 0 Å². The van der Waals surface area contributed by atoms with Crippen molar-refractivity contribution in [2.24, 2.45) is 5.92 Å². The van der Waals surface area contributed by atoms with Crippen molar-refractivity contribution in [1.82, 2.24) is 14.5 Å². The van der Waals surface area contributed by atoms with Crippen LogP contribution in [0.1, 0.15) is 51.3 Å². The van der Waals surface area contributed by atoms with Gasteiger partial charge in [-0.2, -0.15) is 0 Å². The second-order valence-electron chi connectivity index (χ2n) is 8.23. The van der Waals surface area contributed by atoms with E-state index in [0.29, 0.717) is 13.0 Å². The quantitative estimate of drug-likeness (QED) is 0.437. The Balaban J connectivity index is 2.11. The van der Waals surface area contributed by atoms with Crippen LogP contribution < -0.4 is 21.9 Å². The van der Waals surface area contributed by atoms with Crippen molar-refractivity contribution in [2.75, 3.05) is 37.9 Å². The number of benzene rings is 1. The van der Waals surface area contributed by atoms with Gasteiger partial charge in [-0.3, -0.25) is 33.6 Å². The third-order valence-electron chi connectivity index (χ3n) is 5.34. The first-order chi connectivity index (χ1) is 15.6. The molecule has 0 bridgehead atoms. The van der Waals surface area contributed by atoms with E-state index in [9.17, 15) is 24.0 Å². The maximum atomic E-state index is 13.5.